The molecule has 3 aromatic heterocycles. The van der Waals surface area contributed by atoms with Gasteiger partial charge in [-0.3, -0.25) is 29.4 Å². The van der Waals surface area contributed by atoms with Gasteiger partial charge in [0.2, 0.25) is 11.7 Å². The molecule has 22 heteroatoms. The molecular weight excluding hydrogens is 881 g/mol. The second-order valence-corrected chi connectivity index (χ2v) is 17.2. The Morgan fingerprint density at radius 1 is 0.970 bits per heavy atom. The van der Waals surface area contributed by atoms with Crippen molar-refractivity contribution in [3.8, 4) is 5.75 Å². The van der Waals surface area contributed by atoms with E-state index in [2.05, 4.69) is 56.0 Å². The maximum atomic E-state index is 14.2. The number of amides is 4. The molecule has 4 fully saturated rings. The maximum absolute atomic E-state index is 14.2. The molecule has 4 N–H and O–H groups in total. The van der Waals surface area contributed by atoms with Crippen LogP contribution in [0.5, 0.6) is 5.75 Å². The quantitative estimate of drug-likeness (QED) is 0.0957. The fourth-order valence-corrected chi connectivity index (χ4v) is 9.20. The molecule has 352 valence electrons. The molecule has 5 aromatic rings. The number of benzene rings is 2. The molecule has 4 aliphatic rings. The molecule has 4 amide bonds. The van der Waals surface area contributed by atoms with Gasteiger partial charge in [0, 0.05) is 69.2 Å². The number of fused-ring (bicyclic) bond motifs is 2. The van der Waals surface area contributed by atoms with Crippen molar-refractivity contribution in [3.05, 3.63) is 83.6 Å². The summed E-state index contributed by atoms with van der Waals surface area (Å²) in [6.07, 6.45) is 7.05. The van der Waals surface area contributed by atoms with E-state index in [-0.39, 0.29) is 36.4 Å². The van der Waals surface area contributed by atoms with Crippen LogP contribution in [-0.2, 0) is 20.7 Å². The van der Waals surface area contributed by atoms with E-state index >= 15 is 0 Å². The molecule has 1 saturated carbocycles. The summed E-state index contributed by atoms with van der Waals surface area (Å²) in [6.45, 7) is 5.70. The SMILES string of the molecule is O=C(O)C(F)(F)F.O=C1CCN(c2cnn3cc(CCCN4CCO[C@]5(CCN(c6ccc7cn(C8CCC(CNC(=O)c9cc(F)c(O)c(F)c9F)CC8)nc7c6)C5)C4)ccc23)C(=O)N1. The van der Waals surface area contributed by atoms with Crippen LogP contribution in [0.2, 0.25) is 0 Å². The molecule has 1 spiro atoms. The number of ether oxygens (including phenoxy) is 1. The lowest BCUT2D eigenvalue weighted by Gasteiger charge is -2.40. The average Bonchev–Trinajstić information content (AvgIpc) is 4.03. The van der Waals surface area contributed by atoms with Gasteiger partial charge in [0.05, 0.1) is 46.7 Å². The molecule has 9 rings (SSSR count). The first kappa shape index (κ1) is 46.1. The summed E-state index contributed by atoms with van der Waals surface area (Å²) in [6, 6.07) is 10.8. The van der Waals surface area contributed by atoms with E-state index in [9.17, 15) is 45.8 Å². The highest BCUT2D eigenvalue weighted by atomic mass is 19.4. The van der Waals surface area contributed by atoms with Gasteiger partial charge in [-0.2, -0.15) is 27.8 Å². The number of aromatic nitrogens is 4. The van der Waals surface area contributed by atoms with E-state index < -0.39 is 52.8 Å². The van der Waals surface area contributed by atoms with E-state index in [1.807, 2.05) is 16.9 Å². The Balaban J connectivity index is 0.000000785. The Bertz CT molecular complexity index is 2650. The predicted octanol–water partition coefficient (Wildman–Crippen LogP) is 5.96. The monoisotopic (exact) mass is 927 g/mol. The van der Waals surface area contributed by atoms with Crippen LogP contribution in [0.4, 0.5) is 42.5 Å². The van der Waals surface area contributed by atoms with E-state index in [1.165, 1.54) is 0 Å². The van der Waals surface area contributed by atoms with Gasteiger partial charge < -0.3 is 25.2 Å². The van der Waals surface area contributed by atoms with Crippen molar-refractivity contribution in [2.75, 3.05) is 62.2 Å². The number of imide groups is 1. The largest absolute Gasteiger partial charge is 0.503 e. The minimum Gasteiger partial charge on any atom is -0.503 e. The van der Waals surface area contributed by atoms with E-state index in [0.29, 0.717) is 24.9 Å². The van der Waals surface area contributed by atoms with Crippen molar-refractivity contribution >= 4 is 51.6 Å². The zero-order valence-corrected chi connectivity index (χ0v) is 35.5. The van der Waals surface area contributed by atoms with Crippen molar-refractivity contribution < 1.29 is 60.5 Å². The molecule has 2 aromatic carbocycles. The number of nitrogens with zero attached hydrogens (tertiary/aromatic N) is 7. The zero-order chi connectivity index (χ0) is 46.9. The zero-order valence-electron chi connectivity index (χ0n) is 35.5. The molecule has 3 aliphatic heterocycles. The molecule has 16 nitrogen and oxygen atoms in total. The topological polar surface area (TPSA) is 187 Å². The van der Waals surface area contributed by atoms with Gasteiger partial charge in [0.1, 0.15) is 0 Å². The van der Waals surface area contributed by atoms with Crippen LogP contribution in [0.25, 0.3) is 16.4 Å². The standard InChI is InChI=1S/C42H46F3N9O5.C2HF3O2/c43-32-19-31(37(44)38(45)39(32)56)40(57)46-20-26-3-7-29(8-4-26)53-23-28-6-9-30(18-33(28)49-53)51-15-12-42(25-51)24-50(16-17-59-42)13-1-2-27-5-10-34-35(21-47-54(34)22-27)52-14-11-36(55)48-41(52)58;3-2(4,5)1(6)7/h5-6,9-10,18-19,21-23,26,29,56H,1-4,7-8,11-17,20,24-25H2,(H,46,57)(H,48,55,58);(H,6,7)/t26?,29?,42-;/m1./s1. The summed E-state index contributed by atoms with van der Waals surface area (Å²) in [5.41, 5.74) is 3.72. The van der Waals surface area contributed by atoms with Gasteiger partial charge in [0.25, 0.3) is 5.91 Å². The number of carboxylic acid groups (broad SMARTS) is 1. The summed E-state index contributed by atoms with van der Waals surface area (Å²) in [5, 5.41) is 31.9. The molecule has 1 atom stereocenters. The summed E-state index contributed by atoms with van der Waals surface area (Å²) in [7, 11) is 0. The Hall–Kier alpha value is -6.42. The number of pyridine rings is 1. The highest BCUT2D eigenvalue weighted by Gasteiger charge is 2.43. The maximum Gasteiger partial charge on any atom is 0.490 e. The molecule has 0 unspecified atom stereocenters. The number of phenolic OH excluding ortho intramolecular Hbond substituents is 1. The molecule has 6 heterocycles. The van der Waals surface area contributed by atoms with E-state index in [0.717, 1.165) is 105 Å². The number of halogens is 6. The first-order chi connectivity index (χ1) is 31.5. The fraction of sp³-hybridized carbons (Fsp3) is 0.455. The number of hydrogen-bond donors (Lipinski definition) is 4. The van der Waals surface area contributed by atoms with Crippen molar-refractivity contribution in [2.24, 2.45) is 5.92 Å². The predicted molar refractivity (Wildman–Crippen MR) is 226 cm³/mol. The van der Waals surface area contributed by atoms with Crippen LogP contribution in [0.15, 0.2) is 55.0 Å². The number of aromatic hydroxyl groups is 1. The number of rotatable bonds is 10. The highest BCUT2D eigenvalue weighted by molar-refractivity contribution is 6.07. The van der Waals surface area contributed by atoms with Gasteiger partial charge in [-0.15, -0.1) is 0 Å². The second kappa shape index (κ2) is 18.8. The lowest BCUT2D eigenvalue weighted by Crippen LogP contribution is -2.53. The smallest absolute Gasteiger partial charge is 0.490 e. The van der Waals surface area contributed by atoms with Gasteiger partial charge >= 0.3 is 18.2 Å². The third-order valence-electron chi connectivity index (χ3n) is 12.7. The molecule has 0 bridgehead atoms. The van der Waals surface area contributed by atoms with Crippen LogP contribution < -0.4 is 20.4 Å². The van der Waals surface area contributed by atoms with Crippen molar-refractivity contribution in [2.45, 2.75) is 69.2 Å². The number of hydrogen-bond acceptors (Lipinski definition) is 10. The van der Waals surface area contributed by atoms with Gasteiger partial charge in [-0.05, 0) is 93.3 Å². The number of anilines is 2. The number of aliphatic carboxylic acids is 1. The number of phenols is 1. The minimum absolute atomic E-state index is 0.127. The van der Waals surface area contributed by atoms with E-state index in [1.54, 1.807) is 15.6 Å². The number of nitrogens with one attached hydrogen (secondary N) is 2. The third kappa shape index (κ3) is 10.0. The first-order valence-electron chi connectivity index (χ1n) is 21.6. The number of urea groups is 1. The normalized spacial score (nSPS) is 21.6. The Morgan fingerprint density at radius 3 is 2.48 bits per heavy atom. The summed E-state index contributed by atoms with van der Waals surface area (Å²) in [4.78, 5) is 51.8. The average molecular weight is 928 g/mol. The van der Waals surface area contributed by atoms with Crippen molar-refractivity contribution in [1.29, 1.82) is 0 Å². The Labute approximate surface area is 373 Å². The molecule has 66 heavy (non-hydrogen) atoms. The molecule has 3 saturated heterocycles. The molecule has 1 aliphatic carbocycles. The summed E-state index contributed by atoms with van der Waals surface area (Å²) in [5.74, 6) is -10.0. The number of alkyl halides is 3. The number of aryl methyl sites for hydroxylation is 1. The number of morpholine rings is 1. The third-order valence-corrected chi connectivity index (χ3v) is 12.7. The van der Waals surface area contributed by atoms with Crippen LogP contribution in [0, 0.1) is 23.4 Å². The first-order valence-corrected chi connectivity index (χ1v) is 21.6. The summed E-state index contributed by atoms with van der Waals surface area (Å²) >= 11 is 0. The lowest BCUT2D eigenvalue weighted by atomic mass is 9.86. The van der Waals surface area contributed by atoms with Crippen LogP contribution in [0.1, 0.15) is 66.9 Å². The molecule has 0 radical (unpaired) electrons. The Morgan fingerprint density at radius 2 is 1.74 bits per heavy atom. The Kier molecular flexibility index (Phi) is 13.2. The van der Waals surface area contributed by atoms with Crippen molar-refractivity contribution in [3.63, 3.8) is 0 Å². The van der Waals surface area contributed by atoms with Crippen LogP contribution >= 0.6 is 0 Å². The van der Waals surface area contributed by atoms with Crippen LogP contribution in [-0.4, -0.2) is 123 Å². The van der Waals surface area contributed by atoms with E-state index in [4.69, 9.17) is 19.7 Å². The lowest BCUT2D eigenvalue weighted by molar-refractivity contribution is -0.192. The number of carboxylic acids is 1. The number of carbonyl (C=O) groups is 4. The second-order valence-electron chi connectivity index (χ2n) is 17.2. The number of carbonyl (C=O) groups excluding carboxylic acids is 3. The minimum atomic E-state index is -5.08. The van der Waals surface area contributed by atoms with Gasteiger partial charge in [-0.25, -0.2) is 22.9 Å². The molecular formula is C44H47F6N9O7. The van der Waals surface area contributed by atoms with Gasteiger partial charge in [-0.1, -0.05) is 6.07 Å². The van der Waals surface area contributed by atoms with Gasteiger partial charge in [0.15, 0.2) is 17.4 Å². The fourth-order valence-electron chi connectivity index (χ4n) is 9.20. The summed E-state index contributed by atoms with van der Waals surface area (Å²) < 4.78 is 83.7. The van der Waals surface area contributed by atoms with Crippen molar-refractivity contribution in [1.82, 2.24) is 34.9 Å². The highest BCUT2D eigenvalue weighted by Crippen LogP contribution is 2.36. The van der Waals surface area contributed by atoms with Crippen LogP contribution in [0.3, 0.4) is 0 Å².